The van der Waals surface area contributed by atoms with Crippen molar-refractivity contribution in [2.75, 3.05) is 0 Å². The fourth-order valence-electron chi connectivity index (χ4n) is 2.49. The maximum absolute atomic E-state index is 12.0. The molecular weight excluding hydrogens is 300 g/mol. The Hall–Kier alpha value is -2.95. The van der Waals surface area contributed by atoms with Gasteiger partial charge in [-0.1, -0.05) is 17.7 Å². The maximum Gasteiger partial charge on any atom is 0.253 e. The minimum absolute atomic E-state index is 0.0492. The number of pyridine rings is 1. The van der Waals surface area contributed by atoms with Crippen molar-refractivity contribution in [3.8, 4) is 16.9 Å². The molecular formula is C19H18N4O. The first kappa shape index (κ1) is 14.6. The van der Waals surface area contributed by atoms with Gasteiger partial charge in [0, 0.05) is 24.0 Å². The molecule has 4 rings (SSSR count). The average Bonchev–Trinajstić information content (AvgIpc) is 3.28. The molecule has 1 aromatic carbocycles. The first-order chi connectivity index (χ1) is 11.7. The second-order valence-corrected chi connectivity index (χ2v) is 6.19. The van der Waals surface area contributed by atoms with Gasteiger partial charge < -0.3 is 5.32 Å². The summed E-state index contributed by atoms with van der Waals surface area (Å²) in [5.41, 5.74) is 4.54. The van der Waals surface area contributed by atoms with Gasteiger partial charge in [-0.2, -0.15) is 5.10 Å². The summed E-state index contributed by atoms with van der Waals surface area (Å²) in [6.07, 6.45) is 7.50. The van der Waals surface area contributed by atoms with Gasteiger partial charge in [0.15, 0.2) is 0 Å². The second-order valence-electron chi connectivity index (χ2n) is 6.19. The molecule has 3 aromatic rings. The number of nitrogens with zero attached hydrogens (tertiary/aromatic N) is 3. The van der Waals surface area contributed by atoms with Gasteiger partial charge in [-0.25, -0.2) is 4.68 Å². The summed E-state index contributed by atoms with van der Waals surface area (Å²) in [7, 11) is 0. The molecule has 120 valence electrons. The van der Waals surface area contributed by atoms with Crippen molar-refractivity contribution in [3.05, 3.63) is 66.1 Å². The summed E-state index contributed by atoms with van der Waals surface area (Å²) in [6.45, 7) is 2.06. The molecule has 1 fully saturated rings. The van der Waals surface area contributed by atoms with Gasteiger partial charge in [-0.05, 0) is 44.0 Å². The Balaban J connectivity index is 1.53. The molecule has 1 amide bonds. The molecule has 5 nitrogen and oxygen atoms in total. The molecule has 0 saturated heterocycles. The van der Waals surface area contributed by atoms with Crippen LogP contribution in [0.3, 0.4) is 0 Å². The largest absolute Gasteiger partial charge is 0.349 e. The van der Waals surface area contributed by atoms with Crippen LogP contribution in [0.4, 0.5) is 0 Å². The van der Waals surface area contributed by atoms with Crippen molar-refractivity contribution < 1.29 is 4.79 Å². The van der Waals surface area contributed by atoms with Crippen LogP contribution >= 0.6 is 0 Å². The van der Waals surface area contributed by atoms with E-state index in [4.69, 9.17) is 0 Å². The van der Waals surface area contributed by atoms with Gasteiger partial charge in [0.1, 0.15) is 0 Å². The van der Waals surface area contributed by atoms with Crippen molar-refractivity contribution >= 4 is 5.91 Å². The highest BCUT2D eigenvalue weighted by Crippen LogP contribution is 2.21. The highest BCUT2D eigenvalue weighted by Gasteiger charge is 2.23. The number of hydrogen-bond acceptors (Lipinski definition) is 3. The van der Waals surface area contributed by atoms with E-state index < -0.39 is 0 Å². The Kier molecular flexibility index (Phi) is 3.61. The van der Waals surface area contributed by atoms with E-state index in [0.29, 0.717) is 11.6 Å². The van der Waals surface area contributed by atoms with Crippen molar-refractivity contribution in [2.24, 2.45) is 0 Å². The Labute approximate surface area is 140 Å². The molecule has 1 saturated carbocycles. The van der Waals surface area contributed by atoms with Gasteiger partial charge >= 0.3 is 0 Å². The van der Waals surface area contributed by atoms with E-state index in [1.165, 1.54) is 5.56 Å². The molecule has 2 aromatic heterocycles. The normalized spacial score (nSPS) is 13.7. The zero-order chi connectivity index (χ0) is 16.5. The molecule has 24 heavy (non-hydrogen) atoms. The van der Waals surface area contributed by atoms with Crippen molar-refractivity contribution in [1.82, 2.24) is 20.1 Å². The molecule has 1 aliphatic carbocycles. The lowest BCUT2D eigenvalue weighted by Crippen LogP contribution is -2.25. The summed E-state index contributed by atoms with van der Waals surface area (Å²) >= 11 is 0. The third kappa shape index (κ3) is 3.06. The van der Waals surface area contributed by atoms with Crippen LogP contribution < -0.4 is 5.32 Å². The standard InChI is InChI=1S/C19H18N4O/c1-13-2-7-17(8-3-13)23-12-15(11-21-23)18-9-4-14(10-20-18)19(24)22-16-5-6-16/h2-4,7-12,16H,5-6H2,1H3,(H,22,24). The summed E-state index contributed by atoms with van der Waals surface area (Å²) in [6, 6.07) is 12.2. The number of rotatable bonds is 4. The Bertz CT molecular complexity index is 861. The number of aryl methyl sites for hydroxylation is 1. The van der Waals surface area contributed by atoms with Crippen LogP contribution in [0.2, 0.25) is 0 Å². The van der Waals surface area contributed by atoms with Crippen LogP contribution in [-0.4, -0.2) is 26.7 Å². The number of carbonyl (C=O) groups excluding carboxylic acids is 1. The quantitative estimate of drug-likeness (QED) is 0.804. The van der Waals surface area contributed by atoms with Crippen LogP contribution in [0.15, 0.2) is 55.0 Å². The molecule has 0 bridgehead atoms. The molecule has 0 aliphatic heterocycles. The molecule has 5 heteroatoms. The first-order valence-corrected chi connectivity index (χ1v) is 8.08. The minimum atomic E-state index is -0.0492. The second kappa shape index (κ2) is 5.92. The van der Waals surface area contributed by atoms with Crippen LogP contribution in [0, 0.1) is 6.92 Å². The molecule has 1 aliphatic rings. The van der Waals surface area contributed by atoms with E-state index in [1.54, 1.807) is 12.4 Å². The molecule has 0 unspecified atom stereocenters. The Morgan fingerprint density at radius 3 is 2.58 bits per heavy atom. The fourth-order valence-corrected chi connectivity index (χ4v) is 2.49. The lowest BCUT2D eigenvalue weighted by Gasteiger charge is -2.03. The fraction of sp³-hybridized carbons (Fsp3) is 0.211. The van der Waals surface area contributed by atoms with Crippen LogP contribution in [0.1, 0.15) is 28.8 Å². The monoisotopic (exact) mass is 318 g/mol. The van der Waals surface area contributed by atoms with E-state index in [9.17, 15) is 4.79 Å². The molecule has 2 heterocycles. The van der Waals surface area contributed by atoms with E-state index in [1.807, 2.05) is 35.1 Å². The third-order valence-corrected chi connectivity index (χ3v) is 4.12. The van der Waals surface area contributed by atoms with Gasteiger partial charge in [0.05, 0.1) is 23.1 Å². The molecule has 0 radical (unpaired) electrons. The zero-order valence-electron chi connectivity index (χ0n) is 13.4. The number of aromatic nitrogens is 3. The predicted octanol–water partition coefficient (Wildman–Crippen LogP) is 3.13. The lowest BCUT2D eigenvalue weighted by molar-refractivity contribution is 0.0950. The minimum Gasteiger partial charge on any atom is -0.349 e. The number of benzene rings is 1. The van der Waals surface area contributed by atoms with Crippen molar-refractivity contribution in [3.63, 3.8) is 0 Å². The average molecular weight is 318 g/mol. The maximum atomic E-state index is 12.0. The van der Waals surface area contributed by atoms with E-state index in [2.05, 4.69) is 34.5 Å². The Morgan fingerprint density at radius 2 is 1.92 bits per heavy atom. The zero-order valence-corrected chi connectivity index (χ0v) is 13.4. The third-order valence-electron chi connectivity index (χ3n) is 4.12. The molecule has 0 spiro atoms. The van der Waals surface area contributed by atoms with Crippen molar-refractivity contribution in [1.29, 1.82) is 0 Å². The smallest absolute Gasteiger partial charge is 0.253 e. The highest BCUT2D eigenvalue weighted by atomic mass is 16.1. The first-order valence-electron chi connectivity index (χ1n) is 8.08. The molecule has 1 N–H and O–H groups in total. The van der Waals surface area contributed by atoms with Gasteiger partial charge in [-0.15, -0.1) is 0 Å². The van der Waals surface area contributed by atoms with E-state index in [-0.39, 0.29) is 5.91 Å². The lowest BCUT2D eigenvalue weighted by atomic mass is 10.2. The predicted molar refractivity (Wildman–Crippen MR) is 92.0 cm³/mol. The number of carbonyl (C=O) groups is 1. The highest BCUT2D eigenvalue weighted by molar-refractivity contribution is 5.94. The van der Waals surface area contributed by atoms with Crippen LogP contribution in [0.25, 0.3) is 16.9 Å². The SMILES string of the molecule is Cc1ccc(-n2cc(-c3ccc(C(=O)NC4CC4)cn3)cn2)cc1. The summed E-state index contributed by atoms with van der Waals surface area (Å²) in [5.74, 6) is -0.0492. The van der Waals surface area contributed by atoms with E-state index >= 15 is 0 Å². The number of nitrogens with one attached hydrogen (secondary N) is 1. The number of hydrogen-bond donors (Lipinski definition) is 1. The van der Waals surface area contributed by atoms with Crippen LogP contribution in [0.5, 0.6) is 0 Å². The summed E-state index contributed by atoms with van der Waals surface area (Å²) < 4.78 is 1.82. The summed E-state index contributed by atoms with van der Waals surface area (Å²) in [4.78, 5) is 16.4. The number of amides is 1. The van der Waals surface area contributed by atoms with Gasteiger partial charge in [-0.3, -0.25) is 9.78 Å². The topological polar surface area (TPSA) is 59.8 Å². The van der Waals surface area contributed by atoms with Crippen LogP contribution in [-0.2, 0) is 0 Å². The summed E-state index contributed by atoms with van der Waals surface area (Å²) in [5, 5.41) is 7.36. The van der Waals surface area contributed by atoms with E-state index in [0.717, 1.165) is 29.8 Å². The van der Waals surface area contributed by atoms with Gasteiger partial charge in [0.25, 0.3) is 5.91 Å². The van der Waals surface area contributed by atoms with Gasteiger partial charge in [0.2, 0.25) is 0 Å². The Morgan fingerprint density at radius 1 is 1.12 bits per heavy atom. The van der Waals surface area contributed by atoms with Crippen molar-refractivity contribution in [2.45, 2.75) is 25.8 Å². The molecule has 0 atom stereocenters.